The van der Waals surface area contributed by atoms with Gasteiger partial charge in [0, 0.05) is 38.7 Å². The van der Waals surface area contributed by atoms with Crippen LogP contribution in [0.2, 0.25) is 0 Å². The van der Waals surface area contributed by atoms with Gasteiger partial charge in [0.15, 0.2) is 11.6 Å². The van der Waals surface area contributed by atoms with Crippen LogP contribution in [-0.4, -0.2) is 55.0 Å². The van der Waals surface area contributed by atoms with Gasteiger partial charge in [-0.1, -0.05) is 26.0 Å². The molecule has 1 aliphatic rings. The summed E-state index contributed by atoms with van der Waals surface area (Å²) in [7, 11) is 3.31. The van der Waals surface area contributed by atoms with Gasteiger partial charge in [0.25, 0.3) is 0 Å². The van der Waals surface area contributed by atoms with E-state index < -0.39 is 11.6 Å². The fourth-order valence-electron chi connectivity index (χ4n) is 3.11. The molecule has 1 aromatic carbocycles. The number of rotatable bonds is 4. The van der Waals surface area contributed by atoms with Crippen LogP contribution in [-0.2, 0) is 11.2 Å². The van der Waals surface area contributed by atoms with Crippen LogP contribution >= 0.6 is 0 Å². The molecule has 0 saturated carbocycles. The molecule has 1 aromatic rings. The number of carbonyl (C=O) groups excluding carboxylic acids is 2. The third-order valence-electron chi connectivity index (χ3n) is 4.66. The Hall–Kier alpha value is -2.18. The molecule has 1 N–H and O–H groups in total. The van der Waals surface area contributed by atoms with Crippen molar-refractivity contribution in [2.75, 3.05) is 27.2 Å². The number of nitrogens with one attached hydrogen (secondary N) is 1. The van der Waals surface area contributed by atoms with Crippen LogP contribution in [0.3, 0.4) is 0 Å². The predicted molar refractivity (Wildman–Crippen MR) is 91.0 cm³/mol. The molecular weight excluding hydrogens is 328 g/mol. The maximum absolute atomic E-state index is 13.8. The fraction of sp³-hybridized carbons (Fsp3) is 0.556. The Morgan fingerprint density at radius 3 is 2.56 bits per heavy atom. The third-order valence-corrected chi connectivity index (χ3v) is 4.66. The molecular formula is C18H25F2N3O2. The van der Waals surface area contributed by atoms with Crippen molar-refractivity contribution in [1.29, 1.82) is 0 Å². The molecule has 0 aromatic heterocycles. The van der Waals surface area contributed by atoms with Crippen LogP contribution in [0.1, 0.15) is 19.4 Å². The summed E-state index contributed by atoms with van der Waals surface area (Å²) < 4.78 is 27.1. The second kappa shape index (κ2) is 7.80. The first-order chi connectivity index (χ1) is 11.7. The van der Waals surface area contributed by atoms with Gasteiger partial charge in [-0.05, 0) is 12.0 Å². The number of benzene rings is 1. The maximum Gasteiger partial charge on any atom is 0.317 e. The normalized spacial score (nSPS) is 20.0. The zero-order valence-electron chi connectivity index (χ0n) is 15.1. The van der Waals surface area contributed by atoms with Gasteiger partial charge in [0.05, 0.1) is 12.5 Å². The van der Waals surface area contributed by atoms with Gasteiger partial charge >= 0.3 is 6.03 Å². The van der Waals surface area contributed by atoms with Crippen molar-refractivity contribution in [1.82, 2.24) is 15.1 Å². The van der Waals surface area contributed by atoms with Crippen molar-refractivity contribution in [3.05, 3.63) is 35.4 Å². The van der Waals surface area contributed by atoms with Crippen molar-refractivity contribution in [2.24, 2.45) is 11.8 Å². The summed E-state index contributed by atoms with van der Waals surface area (Å²) in [6.07, 6.45) is -0.192. The Morgan fingerprint density at radius 2 is 1.96 bits per heavy atom. The zero-order valence-corrected chi connectivity index (χ0v) is 15.1. The lowest BCUT2D eigenvalue weighted by Gasteiger charge is -2.24. The van der Waals surface area contributed by atoms with Gasteiger partial charge in [-0.3, -0.25) is 4.79 Å². The summed E-state index contributed by atoms with van der Waals surface area (Å²) in [5, 5.41) is 2.94. The number of hydrogen-bond donors (Lipinski definition) is 1. The molecule has 25 heavy (non-hydrogen) atoms. The van der Waals surface area contributed by atoms with Crippen LogP contribution in [0.25, 0.3) is 0 Å². The maximum atomic E-state index is 13.8. The first-order valence-electron chi connectivity index (χ1n) is 8.39. The average Bonchev–Trinajstić information content (AvgIpc) is 2.96. The topological polar surface area (TPSA) is 52.7 Å². The van der Waals surface area contributed by atoms with Crippen LogP contribution in [0, 0.1) is 23.5 Å². The lowest BCUT2D eigenvalue weighted by molar-refractivity contribution is -0.129. The van der Waals surface area contributed by atoms with E-state index in [2.05, 4.69) is 5.32 Å². The molecule has 1 fully saturated rings. The molecule has 7 heteroatoms. The molecule has 2 atom stereocenters. The number of nitrogens with zero attached hydrogens (tertiary/aromatic N) is 2. The number of likely N-dealkylation sites (tertiary alicyclic amines) is 1. The fourth-order valence-corrected chi connectivity index (χ4v) is 3.11. The quantitative estimate of drug-likeness (QED) is 0.903. The number of halogens is 2. The molecule has 0 aliphatic carbocycles. The van der Waals surface area contributed by atoms with E-state index in [0.717, 1.165) is 6.07 Å². The second-order valence-corrected chi connectivity index (χ2v) is 7.05. The standard InChI is InChI=1S/C18H25F2N3O2/c1-11(2)13-9-23(10-15(13)21-18(25)22(3)4)16(24)8-12-6-5-7-14(19)17(12)20/h5-7,11,13,15H,8-10H2,1-4H3,(H,21,25)/t13-,15+/m0/s1. The Kier molecular flexibility index (Phi) is 5.98. The van der Waals surface area contributed by atoms with E-state index in [1.165, 1.54) is 17.0 Å². The van der Waals surface area contributed by atoms with Gasteiger partial charge in [0.1, 0.15) is 0 Å². The number of carbonyl (C=O) groups is 2. The molecule has 3 amide bonds. The number of urea groups is 1. The Morgan fingerprint density at radius 1 is 1.28 bits per heavy atom. The van der Waals surface area contributed by atoms with Crippen LogP contribution in [0.5, 0.6) is 0 Å². The van der Waals surface area contributed by atoms with Crippen molar-refractivity contribution >= 4 is 11.9 Å². The summed E-state index contributed by atoms with van der Waals surface area (Å²) in [5.41, 5.74) is 0.0480. The van der Waals surface area contributed by atoms with E-state index in [1.807, 2.05) is 13.8 Å². The van der Waals surface area contributed by atoms with Gasteiger partial charge in [-0.25, -0.2) is 13.6 Å². The minimum atomic E-state index is -0.979. The Balaban J connectivity index is 2.08. The number of amides is 3. The molecule has 0 unspecified atom stereocenters. The summed E-state index contributed by atoms with van der Waals surface area (Å²) >= 11 is 0. The first-order valence-corrected chi connectivity index (χ1v) is 8.39. The van der Waals surface area contributed by atoms with E-state index in [1.54, 1.807) is 19.0 Å². The average molecular weight is 353 g/mol. The highest BCUT2D eigenvalue weighted by Gasteiger charge is 2.38. The van der Waals surface area contributed by atoms with Crippen molar-refractivity contribution in [3.63, 3.8) is 0 Å². The lowest BCUT2D eigenvalue weighted by atomic mass is 9.91. The van der Waals surface area contributed by atoms with Gasteiger partial charge in [-0.2, -0.15) is 0 Å². The highest BCUT2D eigenvalue weighted by atomic mass is 19.2. The van der Waals surface area contributed by atoms with Gasteiger partial charge in [0.2, 0.25) is 5.91 Å². The lowest BCUT2D eigenvalue weighted by Crippen LogP contribution is -2.46. The SMILES string of the molecule is CC(C)[C@@H]1CN(C(=O)Cc2cccc(F)c2F)C[C@H]1NC(=O)N(C)C. The molecule has 1 aliphatic heterocycles. The highest BCUT2D eigenvalue weighted by Crippen LogP contribution is 2.25. The molecule has 1 heterocycles. The summed E-state index contributed by atoms with van der Waals surface area (Å²) in [6, 6.07) is 3.47. The highest BCUT2D eigenvalue weighted by molar-refractivity contribution is 5.79. The first kappa shape index (κ1) is 19.1. The largest absolute Gasteiger partial charge is 0.340 e. The summed E-state index contributed by atoms with van der Waals surface area (Å²) in [4.78, 5) is 27.5. The minimum Gasteiger partial charge on any atom is -0.340 e. The van der Waals surface area contributed by atoms with Gasteiger partial charge < -0.3 is 15.1 Å². The zero-order chi connectivity index (χ0) is 18.7. The number of hydrogen-bond acceptors (Lipinski definition) is 2. The molecule has 0 radical (unpaired) electrons. The summed E-state index contributed by atoms with van der Waals surface area (Å²) in [5.74, 6) is -1.81. The monoisotopic (exact) mass is 353 g/mol. The molecule has 2 rings (SSSR count). The smallest absolute Gasteiger partial charge is 0.317 e. The van der Waals surface area contributed by atoms with Crippen LogP contribution in [0.15, 0.2) is 18.2 Å². The van der Waals surface area contributed by atoms with E-state index in [9.17, 15) is 18.4 Å². The molecule has 0 bridgehead atoms. The Bertz CT molecular complexity index is 649. The van der Waals surface area contributed by atoms with Crippen LogP contribution < -0.4 is 5.32 Å². The van der Waals surface area contributed by atoms with E-state index >= 15 is 0 Å². The van der Waals surface area contributed by atoms with Crippen LogP contribution in [0.4, 0.5) is 13.6 Å². The van der Waals surface area contributed by atoms with Gasteiger partial charge in [-0.15, -0.1) is 0 Å². The summed E-state index contributed by atoms with van der Waals surface area (Å²) in [6.45, 7) is 4.95. The van der Waals surface area contributed by atoms with E-state index in [-0.39, 0.29) is 41.8 Å². The van der Waals surface area contributed by atoms with E-state index in [4.69, 9.17) is 0 Å². The molecule has 0 spiro atoms. The molecule has 1 saturated heterocycles. The third kappa shape index (κ3) is 4.46. The molecule has 5 nitrogen and oxygen atoms in total. The molecule has 138 valence electrons. The second-order valence-electron chi connectivity index (χ2n) is 7.05. The van der Waals surface area contributed by atoms with Crippen molar-refractivity contribution < 1.29 is 18.4 Å². The van der Waals surface area contributed by atoms with E-state index in [0.29, 0.717) is 13.1 Å². The van der Waals surface area contributed by atoms with Crippen molar-refractivity contribution in [2.45, 2.75) is 26.3 Å². The minimum absolute atomic E-state index is 0.0480. The predicted octanol–water partition coefficient (Wildman–Crippen LogP) is 2.26. The Labute approximate surface area is 147 Å². The van der Waals surface area contributed by atoms with Crippen molar-refractivity contribution in [3.8, 4) is 0 Å².